The number of piperidine rings is 1. The van der Waals surface area contributed by atoms with Crippen molar-refractivity contribution in [1.29, 1.82) is 0 Å². The minimum atomic E-state index is -1.01. The maximum Gasteiger partial charge on any atom is 0.338 e. The zero-order valence-electron chi connectivity index (χ0n) is 18.4. The van der Waals surface area contributed by atoms with Crippen LogP contribution >= 0.6 is 0 Å². The first kappa shape index (κ1) is 21.2. The van der Waals surface area contributed by atoms with E-state index < -0.39 is 5.97 Å². The topological polar surface area (TPSA) is 62.5 Å². The molecular weight excluding hydrogens is 412 g/mol. The molecule has 3 aromatic carbocycles. The first-order valence-corrected chi connectivity index (χ1v) is 11.4. The lowest BCUT2D eigenvalue weighted by molar-refractivity contribution is 0.0695. The number of likely N-dealkylation sites (tertiary alicyclic amines) is 1. The van der Waals surface area contributed by atoms with Gasteiger partial charge in [0.05, 0.1) is 11.3 Å². The van der Waals surface area contributed by atoms with Crippen LogP contribution in [0.5, 0.6) is 0 Å². The summed E-state index contributed by atoms with van der Waals surface area (Å²) in [6, 6.07) is 26.9. The average molecular weight is 439 g/mol. The molecule has 1 aliphatic rings. The molecule has 1 aromatic heterocycles. The quantitative estimate of drug-likeness (QED) is 0.473. The Balaban J connectivity index is 1.57. The van der Waals surface area contributed by atoms with Gasteiger partial charge in [0.25, 0.3) is 5.56 Å². The lowest BCUT2D eigenvalue weighted by atomic mass is 9.89. The van der Waals surface area contributed by atoms with Crippen LogP contribution < -0.4 is 5.56 Å². The van der Waals surface area contributed by atoms with E-state index in [0.29, 0.717) is 34.6 Å². The van der Waals surface area contributed by atoms with Gasteiger partial charge in [0.15, 0.2) is 0 Å². The minimum Gasteiger partial charge on any atom is -0.478 e. The van der Waals surface area contributed by atoms with Crippen molar-refractivity contribution in [3.8, 4) is 5.69 Å². The van der Waals surface area contributed by atoms with E-state index >= 15 is 0 Å². The summed E-state index contributed by atoms with van der Waals surface area (Å²) in [7, 11) is 0. The molecule has 4 aromatic rings. The summed E-state index contributed by atoms with van der Waals surface area (Å²) in [5, 5.41) is 11.1. The SMILES string of the molecule is O=C(O)c1c(CN2CCC(c3ccccc3)CC2)n(-c2ccccc2)c(=O)c2ccccc12. The van der Waals surface area contributed by atoms with Gasteiger partial charge >= 0.3 is 5.97 Å². The smallest absolute Gasteiger partial charge is 0.338 e. The van der Waals surface area contributed by atoms with Gasteiger partial charge in [0.2, 0.25) is 0 Å². The minimum absolute atomic E-state index is 0.184. The number of hydrogen-bond donors (Lipinski definition) is 1. The van der Waals surface area contributed by atoms with Gasteiger partial charge < -0.3 is 5.11 Å². The number of nitrogens with zero attached hydrogens (tertiary/aromatic N) is 2. The highest BCUT2D eigenvalue weighted by atomic mass is 16.4. The van der Waals surface area contributed by atoms with Gasteiger partial charge in [-0.25, -0.2) is 4.79 Å². The maximum absolute atomic E-state index is 13.6. The third-order valence-electron chi connectivity index (χ3n) is 6.65. The number of hydrogen-bond acceptors (Lipinski definition) is 3. The molecule has 1 aliphatic heterocycles. The maximum atomic E-state index is 13.6. The fourth-order valence-corrected chi connectivity index (χ4v) is 5.00. The largest absolute Gasteiger partial charge is 0.478 e. The highest BCUT2D eigenvalue weighted by molar-refractivity contribution is 6.04. The molecule has 2 heterocycles. The lowest BCUT2D eigenvalue weighted by Crippen LogP contribution is -2.36. The zero-order chi connectivity index (χ0) is 22.8. The molecule has 1 fully saturated rings. The highest BCUT2D eigenvalue weighted by Gasteiger charge is 2.26. The number of aromatic carboxylic acids is 1. The van der Waals surface area contributed by atoms with Crippen molar-refractivity contribution in [3.63, 3.8) is 0 Å². The summed E-state index contributed by atoms with van der Waals surface area (Å²) >= 11 is 0. The number of rotatable bonds is 5. The molecule has 0 atom stereocenters. The predicted octanol–water partition coefficient (Wildman–Crippen LogP) is 5.07. The molecule has 1 saturated heterocycles. The molecule has 166 valence electrons. The summed E-state index contributed by atoms with van der Waals surface area (Å²) in [6.45, 7) is 2.13. The van der Waals surface area contributed by atoms with Gasteiger partial charge in [0.1, 0.15) is 0 Å². The highest BCUT2D eigenvalue weighted by Crippen LogP contribution is 2.30. The van der Waals surface area contributed by atoms with Crippen molar-refractivity contribution in [2.75, 3.05) is 13.1 Å². The second-order valence-corrected chi connectivity index (χ2v) is 8.61. The molecule has 0 saturated carbocycles. The molecule has 33 heavy (non-hydrogen) atoms. The zero-order valence-corrected chi connectivity index (χ0v) is 18.4. The number of carboxylic acid groups (broad SMARTS) is 1. The Morgan fingerprint density at radius 3 is 2.03 bits per heavy atom. The van der Waals surface area contributed by atoms with Crippen LogP contribution in [0.1, 0.15) is 40.4 Å². The van der Waals surface area contributed by atoms with Crippen LogP contribution in [0.4, 0.5) is 0 Å². The lowest BCUT2D eigenvalue weighted by Gasteiger charge is -2.33. The van der Waals surface area contributed by atoms with Crippen molar-refractivity contribution in [3.05, 3.63) is 112 Å². The fraction of sp³-hybridized carbons (Fsp3) is 0.214. The number of carboxylic acids is 1. The Morgan fingerprint density at radius 2 is 1.39 bits per heavy atom. The molecule has 0 spiro atoms. The van der Waals surface area contributed by atoms with Gasteiger partial charge in [-0.15, -0.1) is 0 Å². The third kappa shape index (κ3) is 4.08. The second-order valence-electron chi connectivity index (χ2n) is 8.61. The Kier molecular flexibility index (Phi) is 5.80. The summed E-state index contributed by atoms with van der Waals surface area (Å²) < 4.78 is 1.59. The van der Waals surface area contributed by atoms with Crippen molar-refractivity contribution in [2.45, 2.75) is 25.3 Å². The number of aromatic nitrogens is 1. The van der Waals surface area contributed by atoms with E-state index in [1.54, 1.807) is 28.8 Å². The van der Waals surface area contributed by atoms with E-state index in [1.807, 2.05) is 36.4 Å². The average Bonchev–Trinajstić information content (AvgIpc) is 2.86. The van der Waals surface area contributed by atoms with Crippen molar-refractivity contribution < 1.29 is 9.90 Å². The van der Waals surface area contributed by atoms with Crippen molar-refractivity contribution in [1.82, 2.24) is 9.47 Å². The Morgan fingerprint density at radius 1 is 0.818 bits per heavy atom. The second kappa shape index (κ2) is 9.04. The molecular formula is C28H26N2O3. The predicted molar refractivity (Wildman–Crippen MR) is 130 cm³/mol. The first-order valence-electron chi connectivity index (χ1n) is 11.4. The standard InChI is InChI=1S/C28H26N2O3/c31-27-24-14-8-7-13-23(24)26(28(32)33)25(30(27)22-11-5-2-6-12-22)19-29-17-15-21(16-18-29)20-9-3-1-4-10-20/h1-14,21H,15-19H2,(H,32,33). The third-order valence-corrected chi connectivity index (χ3v) is 6.65. The number of para-hydroxylation sites is 1. The van der Waals surface area contributed by atoms with Crippen LogP contribution in [0.15, 0.2) is 89.7 Å². The monoisotopic (exact) mass is 438 g/mol. The first-order chi connectivity index (χ1) is 16.1. The van der Waals surface area contributed by atoms with E-state index in [9.17, 15) is 14.7 Å². The fourth-order valence-electron chi connectivity index (χ4n) is 5.00. The molecule has 5 rings (SSSR count). The number of pyridine rings is 1. The molecule has 5 nitrogen and oxygen atoms in total. The Hall–Kier alpha value is -3.70. The van der Waals surface area contributed by atoms with E-state index in [0.717, 1.165) is 25.9 Å². The molecule has 0 radical (unpaired) electrons. The summed E-state index contributed by atoms with van der Waals surface area (Å²) in [5.74, 6) is -0.501. The number of fused-ring (bicyclic) bond motifs is 1. The van der Waals surface area contributed by atoms with E-state index in [1.165, 1.54) is 5.56 Å². The van der Waals surface area contributed by atoms with Gasteiger partial charge in [-0.2, -0.15) is 0 Å². The van der Waals surface area contributed by atoms with Crippen LogP contribution in [-0.4, -0.2) is 33.6 Å². The molecule has 0 amide bonds. The molecule has 0 bridgehead atoms. The van der Waals surface area contributed by atoms with Crippen molar-refractivity contribution >= 4 is 16.7 Å². The molecule has 1 N–H and O–H groups in total. The summed E-state index contributed by atoms with van der Waals surface area (Å²) in [6.07, 6.45) is 2.02. The van der Waals surface area contributed by atoms with E-state index in [-0.39, 0.29) is 11.1 Å². The number of benzene rings is 3. The van der Waals surface area contributed by atoms with Gasteiger partial charge in [0, 0.05) is 23.0 Å². The Labute approximate surface area is 192 Å². The van der Waals surface area contributed by atoms with Crippen LogP contribution in [-0.2, 0) is 6.54 Å². The van der Waals surface area contributed by atoms with Crippen LogP contribution in [0.25, 0.3) is 16.5 Å². The van der Waals surface area contributed by atoms with Gasteiger partial charge in [-0.05, 0) is 55.6 Å². The molecule has 5 heteroatoms. The van der Waals surface area contributed by atoms with Gasteiger partial charge in [-0.1, -0.05) is 66.7 Å². The normalized spacial score (nSPS) is 15.0. The number of carbonyl (C=O) groups is 1. The van der Waals surface area contributed by atoms with E-state index in [4.69, 9.17) is 0 Å². The molecule has 0 aliphatic carbocycles. The summed E-state index contributed by atoms with van der Waals surface area (Å²) in [5.41, 5.74) is 2.60. The van der Waals surface area contributed by atoms with Crippen LogP contribution in [0, 0.1) is 0 Å². The summed E-state index contributed by atoms with van der Waals surface area (Å²) in [4.78, 5) is 28.3. The molecule has 0 unspecified atom stereocenters. The van der Waals surface area contributed by atoms with Crippen LogP contribution in [0.3, 0.4) is 0 Å². The van der Waals surface area contributed by atoms with Gasteiger partial charge in [-0.3, -0.25) is 14.3 Å². The van der Waals surface area contributed by atoms with Crippen molar-refractivity contribution in [2.24, 2.45) is 0 Å². The van der Waals surface area contributed by atoms with E-state index in [2.05, 4.69) is 29.2 Å². The van der Waals surface area contributed by atoms with Crippen LogP contribution in [0.2, 0.25) is 0 Å². The Bertz CT molecular complexity index is 1340.